The van der Waals surface area contributed by atoms with Crippen molar-refractivity contribution < 1.29 is 0 Å². The summed E-state index contributed by atoms with van der Waals surface area (Å²) in [7, 11) is 0. The van der Waals surface area contributed by atoms with Gasteiger partial charge in [-0.05, 0) is 150 Å². The Morgan fingerprint density at radius 2 is 0.818 bits per heavy atom. The van der Waals surface area contributed by atoms with Gasteiger partial charge in [0.1, 0.15) is 0 Å². The van der Waals surface area contributed by atoms with Crippen molar-refractivity contribution in [2.75, 3.05) is 0 Å². The summed E-state index contributed by atoms with van der Waals surface area (Å²) in [6, 6.07) is 81.4. The highest BCUT2D eigenvalue weighted by atomic mass is 14.3. The molecule has 66 heavy (non-hydrogen) atoms. The van der Waals surface area contributed by atoms with E-state index in [4.69, 9.17) is 0 Å². The zero-order chi connectivity index (χ0) is 43.3. The summed E-state index contributed by atoms with van der Waals surface area (Å²) in [4.78, 5) is 0. The highest BCUT2D eigenvalue weighted by Gasteiger charge is 2.27. The lowest BCUT2D eigenvalue weighted by Crippen LogP contribution is -2.10. The molecule has 0 heteroatoms. The molecule has 1 unspecified atom stereocenters. The maximum Gasteiger partial charge on any atom is 0.00686 e. The molecule has 0 saturated carbocycles. The van der Waals surface area contributed by atoms with Crippen LogP contribution in [0.3, 0.4) is 0 Å². The summed E-state index contributed by atoms with van der Waals surface area (Å²) in [6.07, 6.45) is 8.29. The Hall–Kier alpha value is -8.32. The molecule has 0 radical (unpaired) electrons. The third kappa shape index (κ3) is 5.71. The quantitative estimate of drug-likeness (QED) is 0.146. The third-order valence-corrected chi connectivity index (χ3v) is 14.7. The van der Waals surface area contributed by atoms with Crippen molar-refractivity contribution in [2.45, 2.75) is 12.3 Å². The van der Waals surface area contributed by atoms with Gasteiger partial charge in [0, 0.05) is 5.92 Å². The molecule has 0 aliphatic heterocycles. The van der Waals surface area contributed by atoms with Crippen molar-refractivity contribution in [1.82, 2.24) is 0 Å². The Kier molecular flexibility index (Phi) is 8.21. The van der Waals surface area contributed by atoms with Gasteiger partial charge >= 0.3 is 0 Å². The number of fused-ring (bicyclic) bond motifs is 1. The van der Waals surface area contributed by atoms with Gasteiger partial charge in [-0.1, -0.05) is 231 Å². The van der Waals surface area contributed by atoms with Crippen molar-refractivity contribution >= 4 is 65.5 Å². The molecule has 14 rings (SSSR count). The molecule has 0 amide bonds. The van der Waals surface area contributed by atoms with Crippen molar-refractivity contribution in [2.24, 2.45) is 0 Å². The van der Waals surface area contributed by atoms with Crippen molar-refractivity contribution in [3.8, 4) is 55.6 Å². The predicted molar refractivity (Wildman–Crippen MR) is 282 cm³/mol. The van der Waals surface area contributed by atoms with Crippen LogP contribution < -0.4 is 0 Å². The highest BCUT2D eigenvalue weighted by molar-refractivity contribution is 6.28. The van der Waals surface area contributed by atoms with Gasteiger partial charge in [0.2, 0.25) is 0 Å². The molecule has 0 spiro atoms. The van der Waals surface area contributed by atoms with E-state index >= 15 is 0 Å². The standard InChI is InChI=1S/C66H42/c1-2-8-43(9-3-1)54-32-24-47-29-37-60-55(33-25-48-28-36-59(54)63(47)64(48)60)45-20-16-41(17-21-45)51-12-6-13-52(40-51)42-18-22-46(23-19-42)56-34-26-49-31-39-62-58(35-27-50-30-38-61(56)65(49)66(50)62)57-15-7-11-44-10-4-5-14-53(44)57/h1-23,25-40,47H,24H2. The first-order valence-electron chi connectivity index (χ1n) is 23.3. The van der Waals surface area contributed by atoms with E-state index in [9.17, 15) is 0 Å². The van der Waals surface area contributed by atoms with Gasteiger partial charge in [0.05, 0.1) is 0 Å². The second-order valence-electron chi connectivity index (χ2n) is 18.2. The molecule has 2 aliphatic rings. The normalized spacial score (nSPS) is 14.2. The number of hydrogen-bond donors (Lipinski definition) is 0. The van der Waals surface area contributed by atoms with E-state index in [0.717, 1.165) is 6.42 Å². The topological polar surface area (TPSA) is 0 Å². The second kappa shape index (κ2) is 14.6. The molecule has 1 atom stereocenters. The van der Waals surface area contributed by atoms with Crippen LogP contribution in [0.15, 0.2) is 231 Å². The summed E-state index contributed by atoms with van der Waals surface area (Å²) in [5.74, 6) is 0.411. The van der Waals surface area contributed by atoms with E-state index in [2.05, 4.69) is 237 Å². The molecular formula is C66H42. The minimum atomic E-state index is 0.411. The molecule has 0 N–H and O–H groups in total. The molecule has 0 fully saturated rings. The van der Waals surface area contributed by atoms with Gasteiger partial charge in [0.25, 0.3) is 0 Å². The molecule has 12 aromatic rings. The van der Waals surface area contributed by atoms with Crippen LogP contribution in [-0.2, 0) is 0 Å². The van der Waals surface area contributed by atoms with Gasteiger partial charge < -0.3 is 0 Å². The van der Waals surface area contributed by atoms with Crippen LogP contribution in [-0.4, -0.2) is 0 Å². The van der Waals surface area contributed by atoms with Gasteiger partial charge in [-0.2, -0.15) is 0 Å². The SMILES string of the molecule is C1=CC2CC=C(c3ccccc3)c3ccc4ccc(-c5ccc(-c6cccc(-c7ccc(-c8ccc9ccc%10c(-c%11cccc%12ccccc%11%12)ccc%11ccc8c9c%11%10)cc7)c6)cc5)c1c4c32. The molecule has 306 valence electrons. The monoisotopic (exact) mass is 834 g/mol. The molecule has 0 saturated heterocycles. The first-order valence-corrected chi connectivity index (χ1v) is 23.3. The molecular weight excluding hydrogens is 793 g/mol. The summed E-state index contributed by atoms with van der Waals surface area (Å²) in [5, 5.41) is 13.1. The maximum atomic E-state index is 2.44. The van der Waals surface area contributed by atoms with Crippen molar-refractivity contribution in [3.63, 3.8) is 0 Å². The van der Waals surface area contributed by atoms with E-state index < -0.39 is 0 Å². The number of rotatable bonds is 6. The Morgan fingerprint density at radius 3 is 1.55 bits per heavy atom. The molecule has 0 aromatic heterocycles. The van der Waals surface area contributed by atoms with Crippen molar-refractivity contribution in [1.29, 1.82) is 0 Å². The van der Waals surface area contributed by atoms with Gasteiger partial charge in [-0.3, -0.25) is 0 Å². The summed E-state index contributed by atoms with van der Waals surface area (Å²) >= 11 is 0. The van der Waals surface area contributed by atoms with E-state index in [1.165, 1.54) is 137 Å². The maximum absolute atomic E-state index is 2.44. The second-order valence-corrected chi connectivity index (χ2v) is 18.2. The minimum Gasteiger partial charge on any atom is -0.0760 e. The van der Waals surface area contributed by atoms with Crippen LogP contribution in [0.2, 0.25) is 0 Å². The highest BCUT2D eigenvalue weighted by Crippen LogP contribution is 2.49. The lowest BCUT2D eigenvalue weighted by Gasteiger charge is -2.30. The Bertz CT molecular complexity index is 3970. The van der Waals surface area contributed by atoms with Crippen LogP contribution in [0.1, 0.15) is 34.6 Å². The fourth-order valence-electron chi connectivity index (χ4n) is 11.6. The molecule has 0 nitrogen and oxygen atoms in total. The molecule has 12 aromatic carbocycles. The molecule has 0 heterocycles. The van der Waals surface area contributed by atoms with Gasteiger partial charge in [0.15, 0.2) is 0 Å². The Labute approximate surface area is 384 Å². The zero-order valence-electron chi connectivity index (χ0n) is 36.3. The summed E-state index contributed by atoms with van der Waals surface area (Å²) in [5.41, 5.74) is 19.3. The van der Waals surface area contributed by atoms with E-state index in [1.807, 2.05) is 0 Å². The minimum absolute atomic E-state index is 0.411. The van der Waals surface area contributed by atoms with Crippen LogP contribution in [0.5, 0.6) is 0 Å². The van der Waals surface area contributed by atoms with Crippen LogP contribution in [0, 0.1) is 0 Å². The zero-order valence-corrected chi connectivity index (χ0v) is 36.3. The fourth-order valence-corrected chi connectivity index (χ4v) is 11.6. The average Bonchev–Trinajstić information content (AvgIpc) is 3.39. The lowest BCUT2D eigenvalue weighted by atomic mass is 9.74. The fraction of sp³-hybridized carbons (Fsp3) is 0.0303. The first-order chi connectivity index (χ1) is 32.7. The van der Waals surface area contributed by atoms with Gasteiger partial charge in [-0.15, -0.1) is 0 Å². The largest absolute Gasteiger partial charge is 0.0760 e. The number of allylic oxidation sites excluding steroid dienone is 2. The lowest BCUT2D eigenvalue weighted by molar-refractivity contribution is 0.856. The third-order valence-electron chi connectivity index (χ3n) is 14.7. The predicted octanol–water partition coefficient (Wildman–Crippen LogP) is 18.2. The summed E-state index contributed by atoms with van der Waals surface area (Å²) < 4.78 is 0. The van der Waals surface area contributed by atoms with Crippen LogP contribution >= 0.6 is 0 Å². The van der Waals surface area contributed by atoms with E-state index in [1.54, 1.807) is 0 Å². The average molecular weight is 835 g/mol. The first kappa shape index (κ1) is 37.1. The van der Waals surface area contributed by atoms with Crippen molar-refractivity contribution in [3.05, 3.63) is 253 Å². The van der Waals surface area contributed by atoms with Crippen LogP contribution in [0.4, 0.5) is 0 Å². The van der Waals surface area contributed by atoms with Crippen LogP contribution in [0.25, 0.3) is 121 Å². The number of benzene rings is 12. The Balaban J connectivity index is 0.779. The molecule has 0 bridgehead atoms. The number of hydrogen-bond acceptors (Lipinski definition) is 0. The summed E-state index contributed by atoms with van der Waals surface area (Å²) in [6.45, 7) is 0. The van der Waals surface area contributed by atoms with Gasteiger partial charge in [-0.25, -0.2) is 0 Å². The Morgan fingerprint density at radius 1 is 0.303 bits per heavy atom. The van der Waals surface area contributed by atoms with E-state index in [-0.39, 0.29) is 0 Å². The molecule has 2 aliphatic carbocycles. The smallest absolute Gasteiger partial charge is 0.00686 e. The van der Waals surface area contributed by atoms with E-state index in [0.29, 0.717) is 5.92 Å².